The Labute approximate surface area is 102 Å². The molecule has 1 aromatic carbocycles. The van der Waals surface area contributed by atoms with Crippen molar-refractivity contribution in [2.75, 3.05) is 25.1 Å². The maximum atomic E-state index is 6.08. The lowest BCUT2D eigenvalue weighted by Crippen LogP contribution is -2.28. The molecule has 92 valence electrons. The maximum Gasteiger partial charge on any atom is 0.0835 e. The van der Waals surface area contributed by atoms with E-state index < -0.39 is 0 Å². The van der Waals surface area contributed by atoms with Crippen LogP contribution in [-0.4, -0.2) is 32.0 Å². The summed E-state index contributed by atoms with van der Waals surface area (Å²) in [7, 11) is 0. The molecule has 1 saturated heterocycles. The van der Waals surface area contributed by atoms with Crippen molar-refractivity contribution in [1.29, 1.82) is 0 Å². The summed E-state index contributed by atoms with van der Waals surface area (Å²) in [4.78, 5) is 0. The van der Waals surface area contributed by atoms with Gasteiger partial charge in [0.05, 0.1) is 18.8 Å². The van der Waals surface area contributed by atoms with E-state index in [1.54, 1.807) is 0 Å². The van der Waals surface area contributed by atoms with Crippen LogP contribution < -0.4 is 5.32 Å². The first kappa shape index (κ1) is 11.1. The average Bonchev–Trinajstić information content (AvgIpc) is 2.78. The smallest absolute Gasteiger partial charge is 0.0835 e. The third-order valence-electron chi connectivity index (χ3n) is 3.55. The fraction of sp³-hybridized carbons (Fsp3) is 0.571. The van der Waals surface area contributed by atoms with E-state index in [0.717, 1.165) is 39.0 Å². The van der Waals surface area contributed by atoms with Crippen LogP contribution in [0, 0.1) is 0 Å². The largest absolute Gasteiger partial charge is 0.382 e. The van der Waals surface area contributed by atoms with E-state index in [0.29, 0.717) is 12.2 Å². The molecule has 0 saturated carbocycles. The molecule has 2 atom stereocenters. The lowest BCUT2D eigenvalue weighted by molar-refractivity contribution is -0.0119. The van der Waals surface area contributed by atoms with Gasteiger partial charge in [-0.3, -0.25) is 0 Å². The summed E-state index contributed by atoms with van der Waals surface area (Å²) < 4.78 is 11.4. The van der Waals surface area contributed by atoms with Crippen LogP contribution in [0.4, 0.5) is 5.69 Å². The third kappa shape index (κ3) is 2.61. The van der Waals surface area contributed by atoms with Crippen LogP contribution in [0.5, 0.6) is 0 Å². The van der Waals surface area contributed by atoms with E-state index in [1.807, 2.05) is 0 Å². The average molecular weight is 233 g/mol. The lowest BCUT2D eigenvalue weighted by Gasteiger charge is -2.19. The Morgan fingerprint density at radius 2 is 2.12 bits per heavy atom. The third-order valence-corrected chi connectivity index (χ3v) is 3.55. The summed E-state index contributed by atoms with van der Waals surface area (Å²) >= 11 is 0. The fourth-order valence-corrected chi connectivity index (χ4v) is 2.56. The first-order valence-electron chi connectivity index (χ1n) is 6.47. The molecular formula is C14H19NO2. The van der Waals surface area contributed by atoms with Crippen LogP contribution in [-0.2, 0) is 15.9 Å². The van der Waals surface area contributed by atoms with Gasteiger partial charge in [0.15, 0.2) is 0 Å². The van der Waals surface area contributed by atoms with Crippen molar-refractivity contribution in [3.05, 3.63) is 29.8 Å². The van der Waals surface area contributed by atoms with Gasteiger partial charge in [-0.15, -0.1) is 0 Å². The molecule has 0 aromatic heterocycles. The van der Waals surface area contributed by atoms with E-state index in [2.05, 4.69) is 29.6 Å². The van der Waals surface area contributed by atoms with E-state index in [9.17, 15) is 0 Å². The molecule has 0 amide bonds. The zero-order valence-electron chi connectivity index (χ0n) is 10.0. The molecule has 2 aliphatic rings. The molecule has 3 nitrogen and oxygen atoms in total. The molecule has 2 unspecified atom stereocenters. The van der Waals surface area contributed by atoms with Crippen LogP contribution >= 0.6 is 0 Å². The van der Waals surface area contributed by atoms with E-state index in [4.69, 9.17) is 9.47 Å². The van der Waals surface area contributed by atoms with Crippen molar-refractivity contribution < 1.29 is 9.47 Å². The Bertz CT molecular complexity index is 347. The molecule has 1 fully saturated rings. The second-order valence-electron chi connectivity index (χ2n) is 4.82. The van der Waals surface area contributed by atoms with Crippen LogP contribution in [0.1, 0.15) is 18.4 Å². The Morgan fingerprint density at radius 1 is 1.18 bits per heavy atom. The van der Waals surface area contributed by atoms with E-state index >= 15 is 0 Å². The molecule has 2 aliphatic heterocycles. The number of benzene rings is 1. The minimum atomic E-state index is 0.308. The summed E-state index contributed by atoms with van der Waals surface area (Å²) in [5.41, 5.74) is 2.67. The van der Waals surface area contributed by atoms with E-state index in [1.165, 1.54) is 11.3 Å². The lowest BCUT2D eigenvalue weighted by atomic mass is 10.1. The minimum absolute atomic E-state index is 0.308. The van der Waals surface area contributed by atoms with Gasteiger partial charge < -0.3 is 14.8 Å². The van der Waals surface area contributed by atoms with Crippen LogP contribution in [0.3, 0.4) is 0 Å². The molecule has 0 aliphatic carbocycles. The molecule has 0 bridgehead atoms. The van der Waals surface area contributed by atoms with Crippen LogP contribution in [0.15, 0.2) is 24.3 Å². The zero-order chi connectivity index (χ0) is 11.5. The minimum Gasteiger partial charge on any atom is -0.382 e. The Kier molecular flexibility index (Phi) is 3.29. The molecule has 17 heavy (non-hydrogen) atoms. The van der Waals surface area contributed by atoms with Gasteiger partial charge in [0.2, 0.25) is 0 Å². The molecule has 1 N–H and O–H groups in total. The Morgan fingerprint density at radius 3 is 3.00 bits per heavy atom. The molecule has 3 heteroatoms. The van der Waals surface area contributed by atoms with Crippen molar-refractivity contribution in [2.45, 2.75) is 31.5 Å². The molecular weight excluding hydrogens is 214 g/mol. The fourth-order valence-electron chi connectivity index (χ4n) is 2.56. The molecule has 2 heterocycles. The normalized spacial score (nSPS) is 28.2. The molecule has 0 spiro atoms. The Balaban J connectivity index is 1.60. The SMILES string of the molecule is c1ccc2c(c1)CCC(OC1CCOC1)CN2. The quantitative estimate of drug-likeness (QED) is 0.849. The van der Waals surface area contributed by atoms with Gasteiger partial charge in [0, 0.05) is 18.8 Å². The van der Waals surface area contributed by atoms with Crippen LogP contribution in [0.2, 0.25) is 0 Å². The predicted octanol–water partition coefficient (Wildman–Crippen LogP) is 2.22. The summed E-state index contributed by atoms with van der Waals surface area (Å²) in [6, 6.07) is 8.53. The second-order valence-corrected chi connectivity index (χ2v) is 4.82. The summed E-state index contributed by atoms with van der Waals surface area (Å²) in [5.74, 6) is 0. The van der Waals surface area contributed by atoms with Gasteiger partial charge in [0.25, 0.3) is 0 Å². The van der Waals surface area contributed by atoms with Gasteiger partial charge in [-0.25, -0.2) is 0 Å². The van der Waals surface area contributed by atoms with Gasteiger partial charge >= 0.3 is 0 Å². The van der Waals surface area contributed by atoms with Crippen molar-refractivity contribution in [3.8, 4) is 0 Å². The highest BCUT2D eigenvalue weighted by molar-refractivity contribution is 5.52. The first-order valence-corrected chi connectivity index (χ1v) is 6.47. The number of para-hydroxylation sites is 1. The maximum absolute atomic E-state index is 6.08. The van der Waals surface area contributed by atoms with Crippen molar-refractivity contribution in [1.82, 2.24) is 0 Å². The van der Waals surface area contributed by atoms with Gasteiger partial charge in [0.1, 0.15) is 0 Å². The highest BCUT2D eigenvalue weighted by atomic mass is 16.5. The first-order chi connectivity index (χ1) is 8.42. The summed E-state index contributed by atoms with van der Waals surface area (Å²) in [6.07, 6.45) is 3.86. The van der Waals surface area contributed by atoms with Crippen LogP contribution in [0.25, 0.3) is 0 Å². The van der Waals surface area contributed by atoms with Gasteiger partial charge in [-0.05, 0) is 30.9 Å². The molecule has 3 rings (SSSR count). The number of anilines is 1. The standard InChI is InChI=1S/C14H19NO2/c1-2-4-14-11(3-1)5-6-12(9-15-14)17-13-7-8-16-10-13/h1-4,12-13,15H,5-10H2. The number of hydrogen-bond donors (Lipinski definition) is 1. The Hall–Kier alpha value is -1.06. The summed E-state index contributed by atoms with van der Waals surface area (Å²) in [6.45, 7) is 2.53. The summed E-state index contributed by atoms with van der Waals surface area (Å²) in [5, 5.41) is 3.48. The van der Waals surface area contributed by atoms with Crippen molar-refractivity contribution >= 4 is 5.69 Å². The number of aryl methyl sites for hydroxylation is 1. The number of nitrogens with one attached hydrogen (secondary N) is 1. The molecule has 1 aromatic rings. The van der Waals surface area contributed by atoms with E-state index in [-0.39, 0.29) is 0 Å². The van der Waals surface area contributed by atoms with Gasteiger partial charge in [-0.1, -0.05) is 18.2 Å². The van der Waals surface area contributed by atoms with Gasteiger partial charge in [-0.2, -0.15) is 0 Å². The number of hydrogen-bond acceptors (Lipinski definition) is 3. The highest BCUT2D eigenvalue weighted by Crippen LogP contribution is 2.23. The molecule has 0 radical (unpaired) electrons. The van der Waals surface area contributed by atoms with Crippen molar-refractivity contribution in [2.24, 2.45) is 0 Å². The number of rotatable bonds is 2. The second kappa shape index (κ2) is 5.07. The number of fused-ring (bicyclic) bond motifs is 1. The zero-order valence-corrected chi connectivity index (χ0v) is 10.0. The topological polar surface area (TPSA) is 30.5 Å². The monoisotopic (exact) mass is 233 g/mol. The number of ether oxygens (including phenoxy) is 2. The van der Waals surface area contributed by atoms with Crippen molar-refractivity contribution in [3.63, 3.8) is 0 Å². The predicted molar refractivity (Wildman–Crippen MR) is 67.3 cm³/mol. The highest BCUT2D eigenvalue weighted by Gasteiger charge is 2.22.